The number of anilines is 1. The highest BCUT2D eigenvalue weighted by Gasteiger charge is 2.47. The highest BCUT2D eigenvalue weighted by atomic mass is 19.1. The second-order valence-corrected chi connectivity index (χ2v) is 10.0. The van der Waals surface area contributed by atoms with Crippen molar-refractivity contribution >= 4 is 17.5 Å². The molecular formula is C28H35FN4O2. The molecule has 1 saturated carbocycles. The van der Waals surface area contributed by atoms with E-state index >= 15 is 0 Å². The maximum Gasteiger partial charge on any atom is 0.254 e. The first-order chi connectivity index (χ1) is 17.1. The molecule has 0 spiro atoms. The summed E-state index contributed by atoms with van der Waals surface area (Å²) in [5.74, 6) is 0.172. The second kappa shape index (κ2) is 10.8. The first-order valence-electron chi connectivity index (χ1n) is 13.0. The number of carbonyl (C=O) groups is 2. The topological polar surface area (TPSA) is 55.9 Å². The molecule has 2 amide bonds. The quantitative estimate of drug-likeness (QED) is 0.690. The molecule has 1 aliphatic carbocycles. The van der Waals surface area contributed by atoms with Gasteiger partial charge in [-0.05, 0) is 61.6 Å². The molecule has 0 bridgehead atoms. The van der Waals surface area contributed by atoms with Crippen molar-refractivity contribution in [3.8, 4) is 0 Å². The number of amides is 2. The van der Waals surface area contributed by atoms with Gasteiger partial charge in [0.1, 0.15) is 11.9 Å². The van der Waals surface area contributed by atoms with E-state index in [-0.39, 0.29) is 29.7 Å². The second-order valence-electron chi connectivity index (χ2n) is 10.0. The lowest BCUT2D eigenvalue weighted by molar-refractivity contribution is -0.125. The molecular weight excluding hydrogens is 443 g/mol. The lowest BCUT2D eigenvalue weighted by Crippen LogP contribution is -2.52. The predicted octanol–water partition coefficient (Wildman–Crippen LogP) is 3.54. The van der Waals surface area contributed by atoms with Gasteiger partial charge in [-0.2, -0.15) is 0 Å². The fraction of sp³-hybridized carbons (Fsp3) is 0.500. The smallest absolute Gasteiger partial charge is 0.254 e. The summed E-state index contributed by atoms with van der Waals surface area (Å²) < 4.78 is 13.2. The van der Waals surface area contributed by atoms with Crippen molar-refractivity contribution in [3.63, 3.8) is 0 Å². The highest BCUT2D eigenvalue weighted by Crippen LogP contribution is 2.40. The molecule has 1 N–H and O–H groups in total. The summed E-state index contributed by atoms with van der Waals surface area (Å²) in [5.41, 5.74) is 1.71. The first-order valence-corrected chi connectivity index (χ1v) is 13.0. The van der Waals surface area contributed by atoms with Crippen LogP contribution in [0.1, 0.15) is 42.5 Å². The third-order valence-electron chi connectivity index (χ3n) is 7.94. The fourth-order valence-electron chi connectivity index (χ4n) is 6.05. The van der Waals surface area contributed by atoms with Crippen LogP contribution >= 0.6 is 0 Å². The molecule has 35 heavy (non-hydrogen) atoms. The minimum Gasteiger partial charge on any atom is -0.369 e. The van der Waals surface area contributed by atoms with E-state index in [1.54, 1.807) is 0 Å². The molecule has 3 fully saturated rings. The van der Waals surface area contributed by atoms with Crippen LogP contribution < -0.4 is 10.2 Å². The lowest BCUT2D eigenvalue weighted by atomic mass is 9.84. The van der Waals surface area contributed by atoms with Crippen LogP contribution in [0, 0.1) is 11.7 Å². The van der Waals surface area contributed by atoms with E-state index in [2.05, 4.69) is 15.1 Å². The normalized spacial score (nSPS) is 24.8. The number of fused-ring (bicyclic) bond motifs is 1. The Morgan fingerprint density at radius 3 is 2.37 bits per heavy atom. The van der Waals surface area contributed by atoms with Crippen LogP contribution in [0.2, 0.25) is 0 Å². The van der Waals surface area contributed by atoms with Crippen LogP contribution in [-0.4, -0.2) is 73.0 Å². The molecule has 3 unspecified atom stereocenters. The Labute approximate surface area is 207 Å². The Hall–Kier alpha value is -2.93. The van der Waals surface area contributed by atoms with Gasteiger partial charge in [-0.15, -0.1) is 0 Å². The number of rotatable bonds is 6. The molecule has 2 aromatic carbocycles. The molecule has 2 aromatic rings. The summed E-state index contributed by atoms with van der Waals surface area (Å²) >= 11 is 0. The molecule has 5 rings (SSSR count). The zero-order valence-electron chi connectivity index (χ0n) is 20.2. The molecule has 3 aliphatic rings. The molecule has 6 nitrogen and oxygen atoms in total. The number of hydrogen-bond donors (Lipinski definition) is 1. The van der Waals surface area contributed by atoms with Crippen molar-refractivity contribution in [2.24, 2.45) is 5.92 Å². The van der Waals surface area contributed by atoms with Crippen LogP contribution in [0.5, 0.6) is 0 Å². The minimum atomic E-state index is -0.383. The Balaban J connectivity index is 1.14. The number of carbonyl (C=O) groups excluding carboxylic acids is 2. The highest BCUT2D eigenvalue weighted by molar-refractivity contribution is 5.98. The molecule has 186 valence electrons. The zero-order valence-corrected chi connectivity index (χ0v) is 20.2. The zero-order chi connectivity index (χ0) is 24.2. The van der Waals surface area contributed by atoms with Gasteiger partial charge in [-0.1, -0.05) is 31.0 Å². The van der Waals surface area contributed by atoms with Gasteiger partial charge in [0.05, 0.1) is 0 Å². The van der Waals surface area contributed by atoms with Gasteiger partial charge in [0.2, 0.25) is 5.91 Å². The summed E-state index contributed by atoms with van der Waals surface area (Å²) in [6.07, 6.45) is 5.17. The molecule has 3 atom stereocenters. The average Bonchev–Trinajstić information content (AvgIpc) is 3.29. The molecule has 2 saturated heterocycles. The fourth-order valence-corrected chi connectivity index (χ4v) is 6.05. The van der Waals surface area contributed by atoms with Gasteiger partial charge in [0.25, 0.3) is 5.91 Å². The number of nitrogens with zero attached hydrogens (tertiary/aromatic N) is 3. The Bertz CT molecular complexity index is 1010. The molecule has 7 heteroatoms. The summed E-state index contributed by atoms with van der Waals surface area (Å²) in [5, 5.41) is 3.14. The van der Waals surface area contributed by atoms with E-state index in [9.17, 15) is 14.0 Å². The van der Waals surface area contributed by atoms with Crippen LogP contribution in [0.15, 0.2) is 54.6 Å². The van der Waals surface area contributed by atoms with E-state index in [0.29, 0.717) is 18.0 Å². The Kier molecular flexibility index (Phi) is 7.32. The van der Waals surface area contributed by atoms with E-state index in [1.807, 2.05) is 47.4 Å². The van der Waals surface area contributed by atoms with Gasteiger partial charge in [0, 0.05) is 56.6 Å². The van der Waals surface area contributed by atoms with Gasteiger partial charge >= 0.3 is 0 Å². The van der Waals surface area contributed by atoms with Crippen molar-refractivity contribution in [2.45, 2.75) is 44.2 Å². The van der Waals surface area contributed by atoms with Gasteiger partial charge in [-0.25, -0.2) is 4.39 Å². The van der Waals surface area contributed by atoms with Crippen molar-refractivity contribution in [2.75, 3.05) is 44.2 Å². The van der Waals surface area contributed by atoms with Crippen molar-refractivity contribution < 1.29 is 14.0 Å². The lowest BCUT2D eigenvalue weighted by Gasteiger charge is -2.36. The van der Waals surface area contributed by atoms with Gasteiger partial charge in [-0.3, -0.25) is 14.5 Å². The first kappa shape index (κ1) is 23.8. The SMILES string of the molecule is O=C(NCCN1CCN(c2ccc(F)cc2)CC1)C1CC2CCCCC2N1C(=O)c1ccccc1. The van der Waals surface area contributed by atoms with Crippen LogP contribution in [0.25, 0.3) is 0 Å². The maximum absolute atomic E-state index is 13.4. The summed E-state index contributed by atoms with van der Waals surface area (Å²) in [7, 11) is 0. The number of hydrogen-bond acceptors (Lipinski definition) is 4. The van der Waals surface area contributed by atoms with Crippen molar-refractivity contribution in [1.29, 1.82) is 0 Å². The van der Waals surface area contributed by atoms with Crippen molar-refractivity contribution in [3.05, 3.63) is 66.0 Å². The average molecular weight is 479 g/mol. The summed E-state index contributed by atoms with van der Waals surface area (Å²) in [6.45, 7) is 4.93. The van der Waals surface area contributed by atoms with Crippen LogP contribution in [0.4, 0.5) is 10.1 Å². The monoisotopic (exact) mass is 478 g/mol. The van der Waals surface area contributed by atoms with E-state index in [1.165, 1.54) is 18.6 Å². The Morgan fingerprint density at radius 1 is 0.914 bits per heavy atom. The largest absolute Gasteiger partial charge is 0.369 e. The van der Waals surface area contributed by atoms with Gasteiger partial charge in [0.15, 0.2) is 0 Å². The minimum absolute atomic E-state index is 0.0166. The molecule has 2 heterocycles. The van der Waals surface area contributed by atoms with E-state index in [0.717, 1.165) is 64.1 Å². The molecule has 0 aromatic heterocycles. The third kappa shape index (κ3) is 5.35. The standard InChI is InChI=1S/C28H35FN4O2/c29-23-10-12-24(13-11-23)32-18-16-31(17-19-32)15-14-30-27(34)26-20-22-8-4-5-9-25(22)33(26)28(35)21-6-2-1-3-7-21/h1-3,6-7,10-13,22,25-26H,4-5,8-9,14-20H2,(H,30,34). The predicted molar refractivity (Wildman–Crippen MR) is 135 cm³/mol. The van der Waals surface area contributed by atoms with E-state index in [4.69, 9.17) is 0 Å². The number of benzene rings is 2. The number of nitrogens with one attached hydrogen (secondary N) is 1. The number of likely N-dealkylation sites (tertiary alicyclic amines) is 1. The Morgan fingerprint density at radius 2 is 1.63 bits per heavy atom. The molecule has 0 radical (unpaired) electrons. The third-order valence-corrected chi connectivity index (χ3v) is 7.94. The summed E-state index contributed by atoms with van der Waals surface area (Å²) in [4.78, 5) is 33.2. The molecule has 2 aliphatic heterocycles. The van der Waals surface area contributed by atoms with Crippen LogP contribution in [-0.2, 0) is 4.79 Å². The number of piperazine rings is 1. The maximum atomic E-state index is 13.4. The van der Waals surface area contributed by atoms with Crippen molar-refractivity contribution in [1.82, 2.24) is 15.1 Å². The number of halogens is 1. The van der Waals surface area contributed by atoms with Gasteiger partial charge < -0.3 is 15.1 Å². The van der Waals surface area contributed by atoms with E-state index < -0.39 is 0 Å². The van der Waals surface area contributed by atoms with Crippen LogP contribution in [0.3, 0.4) is 0 Å². The summed E-state index contributed by atoms with van der Waals surface area (Å²) in [6, 6.07) is 15.8.